The molecule has 3 aromatic carbocycles. The van der Waals surface area contributed by atoms with E-state index in [2.05, 4.69) is 53.4 Å². The highest BCUT2D eigenvalue weighted by atomic mass is 32.1. The molecule has 268 valence electrons. The molecule has 5 aromatic rings. The number of thiazole rings is 1. The Morgan fingerprint density at radius 1 is 1.08 bits per heavy atom. The van der Waals surface area contributed by atoms with Crippen LogP contribution in [-0.2, 0) is 11.3 Å². The van der Waals surface area contributed by atoms with Crippen LogP contribution in [0.25, 0.3) is 21.3 Å². The molecule has 7 rings (SSSR count). The number of aromatic amines is 1. The van der Waals surface area contributed by atoms with Gasteiger partial charge in [-0.05, 0) is 78.7 Å². The van der Waals surface area contributed by atoms with Gasteiger partial charge in [0.15, 0.2) is 5.82 Å². The summed E-state index contributed by atoms with van der Waals surface area (Å²) in [7, 11) is 0. The van der Waals surface area contributed by atoms with Gasteiger partial charge in [0, 0.05) is 50.7 Å². The van der Waals surface area contributed by atoms with Crippen molar-refractivity contribution in [3.63, 3.8) is 0 Å². The number of pyridine rings is 1. The van der Waals surface area contributed by atoms with E-state index in [-0.39, 0.29) is 24.0 Å². The van der Waals surface area contributed by atoms with E-state index in [0.717, 1.165) is 79.4 Å². The fraction of sp³-hybridized carbons (Fsp3) is 0.308. The van der Waals surface area contributed by atoms with E-state index in [4.69, 9.17) is 4.74 Å². The number of carbonyl (C=O) groups excluding carboxylic acids is 1. The molecule has 2 aromatic heterocycles. The second kappa shape index (κ2) is 16.4. The molecule has 0 unspecified atom stereocenters. The van der Waals surface area contributed by atoms with Crippen LogP contribution >= 0.6 is 11.3 Å². The van der Waals surface area contributed by atoms with Crippen LogP contribution in [0.4, 0.5) is 22.0 Å². The number of rotatable bonds is 12. The van der Waals surface area contributed by atoms with Crippen LogP contribution in [-0.4, -0.2) is 82.4 Å². The number of likely N-dealkylation sites (tertiary alicyclic amines) is 1. The van der Waals surface area contributed by atoms with E-state index in [9.17, 15) is 19.8 Å². The molecule has 0 radical (unpaired) electrons. The number of anilines is 2. The van der Waals surface area contributed by atoms with Gasteiger partial charge in [-0.2, -0.15) is 0 Å². The van der Waals surface area contributed by atoms with Gasteiger partial charge in [-0.15, -0.1) is 11.3 Å². The van der Waals surface area contributed by atoms with Gasteiger partial charge in [-0.1, -0.05) is 42.5 Å². The maximum atomic E-state index is 12.7. The second-order valence-corrected chi connectivity index (χ2v) is 13.8. The molecule has 13 heteroatoms. The first-order valence-electron chi connectivity index (χ1n) is 17.5. The van der Waals surface area contributed by atoms with Crippen LogP contribution in [0.3, 0.4) is 0 Å². The number of nitrogens with zero attached hydrogens (tertiary/aromatic N) is 4. The van der Waals surface area contributed by atoms with Crippen molar-refractivity contribution in [2.75, 3.05) is 49.5 Å². The molecule has 4 heterocycles. The molecule has 1 atom stereocenters. The van der Waals surface area contributed by atoms with E-state index >= 15 is 0 Å². The van der Waals surface area contributed by atoms with Gasteiger partial charge >= 0.3 is 6.09 Å². The van der Waals surface area contributed by atoms with Gasteiger partial charge in [0.05, 0.1) is 33.4 Å². The zero-order valence-electron chi connectivity index (χ0n) is 28.6. The van der Waals surface area contributed by atoms with Crippen molar-refractivity contribution in [1.29, 1.82) is 0 Å². The number of aromatic hydroxyl groups is 1. The van der Waals surface area contributed by atoms with Gasteiger partial charge in [-0.3, -0.25) is 10.1 Å². The summed E-state index contributed by atoms with van der Waals surface area (Å²) in [4.78, 5) is 41.6. The Labute approximate surface area is 305 Å². The topological polar surface area (TPSA) is 155 Å². The molecule has 0 aliphatic carbocycles. The van der Waals surface area contributed by atoms with Crippen molar-refractivity contribution in [3.8, 4) is 16.2 Å². The number of piperidine rings is 1. The third-order valence-corrected chi connectivity index (χ3v) is 10.3. The molecule has 1 amide bonds. The number of ether oxygens (including phenoxy) is 1. The largest absolute Gasteiger partial charge is 0.506 e. The first-order valence-corrected chi connectivity index (χ1v) is 18.4. The predicted octanol–water partition coefficient (Wildman–Crippen LogP) is 5.96. The summed E-state index contributed by atoms with van der Waals surface area (Å²) < 4.78 is 5.77. The molecule has 0 saturated carbocycles. The van der Waals surface area contributed by atoms with Gasteiger partial charge in [0.2, 0.25) is 5.56 Å². The zero-order valence-corrected chi connectivity index (χ0v) is 29.4. The number of fused-ring (bicyclic) bond motifs is 2. The van der Waals surface area contributed by atoms with Crippen LogP contribution in [0.2, 0.25) is 0 Å². The lowest BCUT2D eigenvalue weighted by atomic mass is 10.0. The molecule has 5 N–H and O–H groups in total. The van der Waals surface area contributed by atoms with Gasteiger partial charge in [0.1, 0.15) is 11.9 Å². The van der Waals surface area contributed by atoms with Crippen molar-refractivity contribution < 1.29 is 19.7 Å². The summed E-state index contributed by atoms with van der Waals surface area (Å²) in [6, 6.07) is 22.2. The molecule has 2 aliphatic heterocycles. The fourth-order valence-corrected chi connectivity index (χ4v) is 7.52. The summed E-state index contributed by atoms with van der Waals surface area (Å²) in [6.45, 7) is 5.09. The first-order chi connectivity index (χ1) is 25.4. The molecule has 12 nitrogen and oxygen atoms in total. The van der Waals surface area contributed by atoms with E-state index in [0.29, 0.717) is 28.8 Å². The average molecular weight is 720 g/mol. The van der Waals surface area contributed by atoms with Crippen molar-refractivity contribution >= 4 is 51.4 Å². The number of aliphatic imine (C=N–C) groups is 1. The quantitative estimate of drug-likeness (QED) is 0.105. The Balaban J connectivity index is 0.854. The van der Waals surface area contributed by atoms with Gasteiger partial charge in [0.25, 0.3) is 0 Å². The summed E-state index contributed by atoms with van der Waals surface area (Å²) in [5.74, 6) is 3.55. The second-order valence-electron chi connectivity index (χ2n) is 13.0. The Kier molecular flexibility index (Phi) is 11.1. The summed E-state index contributed by atoms with van der Waals surface area (Å²) in [6.07, 6.45) is 3.08. The summed E-state index contributed by atoms with van der Waals surface area (Å²) in [5, 5.41) is 27.8. The number of H-pyrrole nitrogens is 1. The average Bonchev–Trinajstić information content (AvgIpc) is 3.52. The zero-order chi connectivity index (χ0) is 35.9. The standard InChI is InChI=1S/C39H41N7O5S/c47-33-12-9-29(30-10-13-35(49)43-36(30)33)34(48)24-40-23-26-8-11-32-31(22-26)41-16-4-18-46(32)19-5-17-45-20-14-28(15-21-45)51-39(50)44-38-37(52-25-42-38)27-6-2-1-3-7-27/h1-4,6-13,22,25,28,34,40,47-48H,5,14-15,17-21,23-24H2,(H,43,49)(H,44,50)/t34-/m0/s1. The van der Waals surface area contributed by atoms with Crippen LogP contribution in [0.15, 0.2) is 94.2 Å². The Bertz CT molecular complexity index is 2140. The highest BCUT2D eigenvalue weighted by molar-refractivity contribution is 7.13. The number of carbonyl (C=O) groups is 1. The van der Waals surface area contributed by atoms with Gasteiger partial charge in [-0.25, -0.2) is 14.8 Å². The minimum absolute atomic E-state index is 0.0373. The Hall–Kier alpha value is -5.30. The summed E-state index contributed by atoms with van der Waals surface area (Å²) in [5.41, 5.74) is 6.29. The number of phenols is 1. The maximum Gasteiger partial charge on any atom is 0.413 e. The number of aliphatic hydroxyl groups is 1. The van der Waals surface area contributed by atoms with Gasteiger partial charge < -0.3 is 35.1 Å². The molecule has 1 saturated heterocycles. The predicted molar refractivity (Wildman–Crippen MR) is 205 cm³/mol. The van der Waals surface area contributed by atoms with E-state index in [1.807, 2.05) is 42.5 Å². The fourth-order valence-electron chi connectivity index (χ4n) is 6.77. The van der Waals surface area contributed by atoms with Crippen LogP contribution in [0, 0.1) is 0 Å². The highest BCUT2D eigenvalue weighted by Crippen LogP contribution is 2.33. The Morgan fingerprint density at radius 3 is 2.77 bits per heavy atom. The lowest BCUT2D eigenvalue weighted by Crippen LogP contribution is -2.39. The van der Waals surface area contributed by atoms with Crippen molar-refractivity contribution in [2.24, 2.45) is 4.99 Å². The number of aliphatic hydroxyl groups excluding tert-OH is 1. The van der Waals surface area contributed by atoms with Crippen LogP contribution < -0.4 is 21.1 Å². The van der Waals surface area contributed by atoms with E-state index in [1.54, 1.807) is 17.6 Å². The molecule has 0 spiro atoms. The monoisotopic (exact) mass is 719 g/mol. The minimum atomic E-state index is -0.841. The molecular weight excluding hydrogens is 679 g/mol. The third kappa shape index (κ3) is 8.42. The lowest BCUT2D eigenvalue weighted by Gasteiger charge is -2.32. The minimum Gasteiger partial charge on any atom is -0.506 e. The Morgan fingerprint density at radius 2 is 1.92 bits per heavy atom. The SMILES string of the molecule is O=C(Nc1ncsc1-c1ccccc1)OC1CCN(CCCN2CC=C=Nc3cc(CNC[C@H](O)c4ccc(O)c5[nH]c(=O)ccc45)ccc32)CC1. The number of benzene rings is 3. The molecule has 52 heavy (non-hydrogen) atoms. The molecule has 0 bridgehead atoms. The van der Waals surface area contributed by atoms with E-state index in [1.165, 1.54) is 23.5 Å². The molecule has 2 aliphatic rings. The smallest absolute Gasteiger partial charge is 0.413 e. The lowest BCUT2D eigenvalue weighted by molar-refractivity contribution is 0.0588. The number of hydrogen-bond donors (Lipinski definition) is 5. The van der Waals surface area contributed by atoms with Crippen molar-refractivity contribution in [1.82, 2.24) is 20.2 Å². The van der Waals surface area contributed by atoms with Crippen molar-refractivity contribution in [2.45, 2.75) is 38.0 Å². The highest BCUT2D eigenvalue weighted by Gasteiger charge is 2.24. The van der Waals surface area contributed by atoms with Crippen LogP contribution in [0.5, 0.6) is 5.75 Å². The third-order valence-electron chi connectivity index (χ3n) is 9.44. The number of amides is 1. The summed E-state index contributed by atoms with van der Waals surface area (Å²) >= 11 is 1.49. The first kappa shape index (κ1) is 35.1. The molecule has 1 fully saturated rings. The van der Waals surface area contributed by atoms with Crippen molar-refractivity contribution in [3.05, 3.63) is 106 Å². The number of hydrogen-bond acceptors (Lipinski definition) is 11. The molecular formula is C39H41N7O5S. The number of phenolic OH excluding ortho intramolecular Hbond substituents is 1. The van der Waals surface area contributed by atoms with E-state index < -0.39 is 12.2 Å². The number of aromatic nitrogens is 2. The van der Waals surface area contributed by atoms with Crippen LogP contribution in [0.1, 0.15) is 36.5 Å². The maximum absolute atomic E-state index is 12.7. The normalized spacial score (nSPS) is 15.4. The number of nitrogens with one attached hydrogen (secondary N) is 3.